The average Bonchev–Trinajstić information content (AvgIpc) is 2.90. The Bertz CT molecular complexity index is 1110. The third-order valence-corrected chi connectivity index (χ3v) is 9.90. The van der Waals surface area contributed by atoms with E-state index >= 15 is 0 Å². The highest BCUT2D eigenvalue weighted by molar-refractivity contribution is 7.91. The van der Waals surface area contributed by atoms with Crippen LogP contribution in [0.15, 0.2) is 18.3 Å². The number of carbonyl (C=O) groups excluding carboxylic acids is 2. The molecule has 0 spiro atoms. The van der Waals surface area contributed by atoms with E-state index in [1.165, 1.54) is 28.7 Å². The molecule has 2 amide bonds. The van der Waals surface area contributed by atoms with Crippen LogP contribution in [0.4, 0.5) is 22.0 Å². The average molecular weight is 609 g/mol. The SMILES string of the molecule is Cl.O=C(CO)N1CCC(C(=O)NO)(S(=O)(=O)N2CCC(c3ccc(CCC(F)(F)C(F)(F)F)cn3)CC2)CC1. The summed E-state index contributed by atoms with van der Waals surface area (Å²) in [6, 6.07) is 2.93. The number of halogens is 6. The number of sulfonamides is 1. The zero-order chi connectivity index (χ0) is 28.4. The van der Waals surface area contributed by atoms with Crippen LogP contribution in [0.5, 0.6) is 0 Å². The molecule has 0 unspecified atom stereocenters. The molecule has 2 saturated heterocycles. The molecule has 222 valence electrons. The lowest BCUT2D eigenvalue weighted by atomic mass is 9.93. The molecule has 10 nitrogen and oxygen atoms in total. The van der Waals surface area contributed by atoms with Crippen molar-refractivity contribution in [2.45, 2.75) is 61.3 Å². The summed E-state index contributed by atoms with van der Waals surface area (Å²) >= 11 is 0. The van der Waals surface area contributed by atoms with Crippen molar-refractivity contribution in [1.29, 1.82) is 0 Å². The molecular formula is C22H30ClF5N4O6S. The summed E-state index contributed by atoms with van der Waals surface area (Å²) in [7, 11) is -4.28. The molecule has 39 heavy (non-hydrogen) atoms. The molecule has 17 heteroatoms. The Balaban J connectivity index is 0.00000533. The van der Waals surface area contributed by atoms with Crippen molar-refractivity contribution in [1.82, 2.24) is 19.7 Å². The van der Waals surface area contributed by atoms with Crippen molar-refractivity contribution in [3.05, 3.63) is 29.6 Å². The molecule has 0 saturated carbocycles. The van der Waals surface area contributed by atoms with Crippen LogP contribution in [0.1, 0.15) is 49.3 Å². The topological polar surface area (TPSA) is 140 Å². The second-order valence-corrected chi connectivity index (χ2v) is 11.7. The number of nitrogens with one attached hydrogen (secondary N) is 1. The van der Waals surface area contributed by atoms with E-state index in [2.05, 4.69) is 4.98 Å². The van der Waals surface area contributed by atoms with Gasteiger partial charge in [0.25, 0.3) is 5.91 Å². The molecule has 2 fully saturated rings. The third-order valence-electron chi connectivity index (χ3n) is 7.27. The number of hydrogen-bond acceptors (Lipinski definition) is 7. The predicted molar refractivity (Wildman–Crippen MR) is 129 cm³/mol. The fourth-order valence-electron chi connectivity index (χ4n) is 4.83. The van der Waals surface area contributed by atoms with Crippen LogP contribution in [-0.4, -0.2) is 94.4 Å². The van der Waals surface area contributed by atoms with Crippen LogP contribution >= 0.6 is 12.4 Å². The number of pyridine rings is 1. The molecule has 0 aliphatic carbocycles. The van der Waals surface area contributed by atoms with E-state index in [0.717, 1.165) is 4.31 Å². The number of likely N-dealkylation sites (tertiary alicyclic amines) is 1. The van der Waals surface area contributed by atoms with Gasteiger partial charge < -0.3 is 10.0 Å². The lowest BCUT2D eigenvalue weighted by molar-refractivity contribution is -0.284. The van der Waals surface area contributed by atoms with E-state index in [1.54, 1.807) is 0 Å². The van der Waals surface area contributed by atoms with Crippen molar-refractivity contribution >= 4 is 34.2 Å². The van der Waals surface area contributed by atoms with E-state index in [4.69, 9.17) is 5.11 Å². The lowest BCUT2D eigenvalue weighted by Crippen LogP contribution is -2.62. The number of aryl methyl sites for hydroxylation is 1. The number of hydrogen-bond donors (Lipinski definition) is 3. The Morgan fingerprint density at radius 1 is 1.08 bits per heavy atom. The zero-order valence-corrected chi connectivity index (χ0v) is 22.3. The van der Waals surface area contributed by atoms with Gasteiger partial charge in [0.1, 0.15) is 6.61 Å². The number of aliphatic hydroxyl groups excluding tert-OH is 1. The highest BCUT2D eigenvalue weighted by Crippen LogP contribution is 2.39. The largest absolute Gasteiger partial charge is 0.453 e. The Morgan fingerprint density at radius 3 is 2.13 bits per heavy atom. The number of amides is 2. The molecule has 0 radical (unpaired) electrons. The lowest BCUT2D eigenvalue weighted by Gasteiger charge is -2.43. The molecule has 2 aliphatic heterocycles. The maximum atomic E-state index is 13.6. The molecule has 1 aromatic heterocycles. The Morgan fingerprint density at radius 2 is 1.67 bits per heavy atom. The molecule has 2 aliphatic rings. The van der Waals surface area contributed by atoms with Gasteiger partial charge in [-0.15, -0.1) is 12.4 Å². The van der Waals surface area contributed by atoms with Gasteiger partial charge in [-0.3, -0.25) is 19.8 Å². The smallest absolute Gasteiger partial charge is 0.387 e. The van der Waals surface area contributed by atoms with Crippen molar-refractivity contribution in [2.24, 2.45) is 0 Å². The summed E-state index contributed by atoms with van der Waals surface area (Å²) in [4.78, 5) is 29.8. The second-order valence-electron chi connectivity index (χ2n) is 9.45. The number of carbonyl (C=O) groups is 2. The molecule has 3 rings (SSSR count). The maximum absolute atomic E-state index is 13.6. The molecule has 0 aromatic carbocycles. The van der Waals surface area contributed by atoms with Crippen LogP contribution < -0.4 is 5.48 Å². The normalized spacial score (nSPS) is 19.3. The van der Waals surface area contributed by atoms with E-state index < -0.39 is 58.1 Å². The first-order valence-corrected chi connectivity index (χ1v) is 13.3. The van der Waals surface area contributed by atoms with Gasteiger partial charge in [0, 0.05) is 50.4 Å². The van der Waals surface area contributed by atoms with Crippen LogP contribution in [-0.2, 0) is 26.0 Å². The summed E-state index contributed by atoms with van der Waals surface area (Å²) in [5.74, 6) is -6.73. The minimum absolute atomic E-state index is 0. The summed E-state index contributed by atoms with van der Waals surface area (Å²) in [6.07, 6.45) is -6.25. The first kappa shape index (κ1) is 33.1. The molecule has 0 atom stereocenters. The minimum atomic E-state index is -5.63. The van der Waals surface area contributed by atoms with Gasteiger partial charge in [-0.25, -0.2) is 18.2 Å². The molecule has 3 N–H and O–H groups in total. The van der Waals surface area contributed by atoms with Gasteiger partial charge >= 0.3 is 12.1 Å². The van der Waals surface area contributed by atoms with Crippen molar-refractivity contribution < 1.29 is 50.3 Å². The standard InChI is InChI=1S/C22H29F5N4O6S.ClH/c23-21(24,22(25,26)27)6-3-15-1-2-17(28-13-15)16-4-9-31(10-5-16)38(36,37)20(19(34)29-35)7-11-30(12-8-20)18(33)14-32;/h1-2,13,16,32,35H,3-12,14H2,(H,29,34);1H. The van der Waals surface area contributed by atoms with Crippen molar-refractivity contribution in [3.63, 3.8) is 0 Å². The number of nitrogens with zero attached hydrogens (tertiary/aromatic N) is 3. The van der Waals surface area contributed by atoms with Crippen LogP contribution in [0.25, 0.3) is 0 Å². The van der Waals surface area contributed by atoms with E-state index in [9.17, 15) is 45.2 Å². The summed E-state index contributed by atoms with van der Waals surface area (Å²) in [6.45, 7) is -0.919. The maximum Gasteiger partial charge on any atom is 0.453 e. The quantitative estimate of drug-likeness (QED) is 0.233. The van der Waals surface area contributed by atoms with Crippen LogP contribution in [0.2, 0.25) is 0 Å². The fraction of sp³-hybridized carbons (Fsp3) is 0.682. The summed E-state index contributed by atoms with van der Waals surface area (Å²) in [5.41, 5.74) is 2.17. The van der Waals surface area contributed by atoms with E-state index in [0.29, 0.717) is 18.5 Å². The van der Waals surface area contributed by atoms with Gasteiger partial charge in [-0.2, -0.15) is 22.0 Å². The number of aliphatic hydroxyl groups is 1. The van der Waals surface area contributed by atoms with E-state index in [-0.39, 0.29) is 62.9 Å². The summed E-state index contributed by atoms with van der Waals surface area (Å²) in [5, 5.41) is 18.3. The van der Waals surface area contributed by atoms with Crippen LogP contribution in [0.3, 0.4) is 0 Å². The summed E-state index contributed by atoms with van der Waals surface area (Å²) < 4.78 is 89.7. The number of aromatic nitrogens is 1. The Kier molecular flexibility index (Phi) is 10.7. The first-order chi connectivity index (χ1) is 17.7. The van der Waals surface area contributed by atoms with Crippen molar-refractivity contribution in [2.75, 3.05) is 32.8 Å². The number of rotatable bonds is 8. The highest BCUT2D eigenvalue weighted by atomic mass is 35.5. The second kappa shape index (κ2) is 12.6. The zero-order valence-electron chi connectivity index (χ0n) is 20.7. The number of alkyl halides is 5. The van der Waals surface area contributed by atoms with E-state index in [1.807, 2.05) is 0 Å². The van der Waals surface area contributed by atoms with Gasteiger partial charge in [-0.1, -0.05) is 6.07 Å². The van der Waals surface area contributed by atoms with Gasteiger partial charge in [0.05, 0.1) is 0 Å². The first-order valence-electron chi connectivity index (χ1n) is 11.9. The number of hydroxylamine groups is 1. The molecule has 3 heterocycles. The molecule has 0 bridgehead atoms. The Hall–Kier alpha value is -2.14. The monoisotopic (exact) mass is 608 g/mol. The van der Waals surface area contributed by atoms with Gasteiger partial charge in [-0.05, 0) is 43.7 Å². The highest BCUT2D eigenvalue weighted by Gasteiger charge is 2.57. The fourth-order valence-corrected chi connectivity index (χ4v) is 6.99. The van der Waals surface area contributed by atoms with Crippen LogP contribution in [0, 0.1) is 0 Å². The third kappa shape index (κ3) is 6.78. The number of piperidine rings is 2. The predicted octanol–water partition coefficient (Wildman–Crippen LogP) is 2.00. The van der Waals surface area contributed by atoms with Crippen molar-refractivity contribution in [3.8, 4) is 0 Å². The van der Waals surface area contributed by atoms with Gasteiger partial charge in [0.15, 0.2) is 4.75 Å². The molecular weight excluding hydrogens is 579 g/mol. The molecule has 1 aromatic rings. The Labute approximate surface area is 228 Å². The van der Waals surface area contributed by atoms with Gasteiger partial charge in [0.2, 0.25) is 15.9 Å². The minimum Gasteiger partial charge on any atom is -0.387 e.